The minimum absolute atomic E-state index is 0.183. The molecule has 0 atom stereocenters. The lowest BCUT2D eigenvalue weighted by Crippen LogP contribution is -2.39. The van der Waals surface area contributed by atoms with Crippen LogP contribution in [0, 0.1) is 5.82 Å². The van der Waals surface area contributed by atoms with Crippen molar-refractivity contribution in [2.75, 3.05) is 19.0 Å². The highest BCUT2D eigenvalue weighted by Crippen LogP contribution is 2.25. The van der Waals surface area contributed by atoms with Crippen LogP contribution in [0.3, 0.4) is 0 Å². The number of hydrogen-bond acceptors (Lipinski definition) is 4. The summed E-state index contributed by atoms with van der Waals surface area (Å²) in [7, 11) is 3.48. The average molecular weight is 459 g/mol. The van der Waals surface area contributed by atoms with E-state index < -0.39 is 0 Å². The summed E-state index contributed by atoms with van der Waals surface area (Å²) < 4.78 is 26.1. The number of hydrogen-bond donors (Lipinski definition) is 1. The fourth-order valence-corrected chi connectivity index (χ4v) is 3.98. The molecule has 0 saturated carbocycles. The Morgan fingerprint density at radius 2 is 2.09 bits per heavy atom. The van der Waals surface area contributed by atoms with Crippen LogP contribution in [0.4, 0.5) is 14.9 Å². The Bertz CT molecular complexity index is 1130. The number of anilines is 1. The van der Waals surface area contributed by atoms with Gasteiger partial charge >= 0.3 is 6.03 Å². The minimum atomic E-state index is -0.384. The van der Waals surface area contributed by atoms with Gasteiger partial charge in [0, 0.05) is 48.0 Å². The SMILES string of the molecule is COc1cccc(NC(=O)N2CCc3c(c(COCc4ccc(F)cc4Cl)nn3C)C2)c1. The third-order valence-corrected chi connectivity index (χ3v) is 5.80. The van der Waals surface area contributed by atoms with Crippen LogP contribution in [0.2, 0.25) is 5.02 Å². The van der Waals surface area contributed by atoms with Crippen LogP contribution in [0.15, 0.2) is 42.5 Å². The second kappa shape index (κ2) is 9.58. The molecule has 2 aromatic carbocycles. The minimum Gasteiger partial charge on any atom is -0.497 e. The number of carbonyl (C=O) groups is 1. The molecule has 0 aliphatic carbocycles. The second-order valence-corrected chi connectivity index (χ2v) is 7.96. The zero-order valence-corrected chi connectivity index (χ0v) is 18.7. The number of amides is 2. The van der Waals surface area contributed by atoms with E-state index in [0.717, 1.165) is 17.0 Å². The molecule has 0 fully saturated rings. The average Bonchev–Trinajstić information content (AvgIpc) is 3.10. The van der Waals surface area contributed by atoms with E-state index in [1.807, 2.05) is 29.9 Å². The molecule has 32 heavy (non-hydrogen) atoms. The Kier molecular flexibility index (Phi) is 6.62. The number of nitrogens with one attached hydrogen (secondary N) is 1. The molecule has 4 rings (SSSR count). The molecule has 0 saturated heterocycles. The number of ether oxygens (including phenoxy) is 2. The first-order valence-electron chi connectivity index (χ1n) is 10.2. The summed E-state index contributed by atoms with van der Waals surface area (Å²) in [4.78, 5) is 14.6. The van der Waals surface area contributed by atoms with Gasteiger partial charge in [-0.2, -0.15) is 5.10 Å². The zero-order valence-electron chi connectivity index (χ0n) is 17.9. The van der Waals surface area contributed by atoms with Gasteiger partial charge in [-0.1, -0.05) is 23.7 Å². The molecule has 0 spiro atoms. The molecule has 9 heteroatoms. The summed E-state index contributed by atoms with van der Waals surface area (Å²) in [5.74, 6) is 0.293. The maximum atomic E-state index is 13.2. The van der Waals surface area contributed by atoms with Gasteiger partial charge in [0.25, 0.3) is 0 Å². The molecule has 0 unspecified atom stereocenters. The molecule has 7 nitrogen and oxygen atoms in total. The highest BCUT2D eigenvalue weighted by Gasteiger charge is 2.27. The summed E-state index contributed by atoms with van der Waals surface area (Å²) >= 11 is 6.07. The molecule has 168 valence electrons. The van der Waals surface area contributed by atoms with Crippen molar-refractivity contribution in [3.05, 3.63) is 75.8 Å². The van der Waals surface area contributed by atoms with Gasteiger partial charge in [-0.05, 0) is 29.8 Å². The number of aryl methyl sites for hydroxylation is 1. The molecule has 1 aliphatic rings. The lowest BCUT2D eigenvalue weighted by Gasteiger charge is -2.28. The number of carbonyl (C=O) groups excluding carboxylic acids is 1. The maximum Gasteiger partial charge on any atom is 0.322 e. The van der Waals surface area contributed by atoms with E-state index in [1.54, 1.807) is 24.1 Å². The summed E-state index contributed by atoms with van der Waals surface area (Å²) in [5.41, 5.74) is 4.24. The number of fused-ring (bicyclic) bond motifs is 1. The van der Waals surface area contributed by atoms with E-state index >= 15 is 0 Å². The monoisotopic (exact) mass is 458 g/mol. The van der Waals surface area contributed by atoms with Gasteiger partial charge in [0.15, 0.2) is 0 Å². The van der Waals surface area contributed by atoms with Crippen molar-refractivity contribution in [3.8, 4) is 5.75 Å². The van der Waals surface area contributed by atoms with Crippen LogP contribution in [-0.2, 0) is 38.0 Å². The summed E-state index contributed by atoms with van der Waals surface area (Å²) in [6.45, 7) is 1.54. The second-order valence-electron chi connectivity index (χ2n) is 7.56. The summed E-state index contributed by atoms with van der Waals surface area (Å²) in [5, 5.41) is 7.83. The highest BCUT2D eigenvalue weighted by atomic mass is 35.5. The fourth-order valence-electron chi connectivity index (χ4n) is 3.76. The molecular formula is C23H24ClFN4O3. The van der Waals surface area contributed by atoms with E-state index in [2.05, 4.69) is 10.4 Å². The molecule has 0 radical (unpaired) electrons. The third kappa shape index (κ3) is 4.87. The lowest BCUT2D eigenvalue weighted by atomic mass is 10.1. The third-order valence-electron chi connectivity index (χ3n) is 5.45. The Hall–Kier alpha value is -3.10. The van der Waals surface area contributed by atoms with E-state index in [4.69, 9.17) is 21.1 Å². The van der Waals surface area contributed by atoms with Gasteiger partial charge in [-0.25, -0.2) is 9.18 Å². The Balaban J connectivity index is 1.41. The number of urea groups is 1. The highest BCUT2D eigenvalue weighted by molar-refractivity contribution is 6.31. The predicted octanol–water partition coefficient (Wildman–Crippen LogP) is 4.53. The number of halogens is 2. The number of nitrogens with zero attached hydrogens (tertiary/aromatic N) is 3. The normalized spacial score (nSPS) is 13.1. The van der Waals surface area contributed by atoms with Crippen LogP contribution in [-0.4, -0.2) is 34.4 Å². The fraction of sp³-hybridized carbons (Fsp3) is 0.304. The van der Waals surface area contributed by atoms with Crippen molar-refractivity contribution in [1.82, 2.24) is 14.7 Å². The Morgan fingerprint density at radius 3 is 2.88 bits per heavy atom. The Labute approximate surface area is 190 Å². The van der Waals surface area contributed by atoms with Gasteiger partial charge in [-0.3, -0.25) is 4.68 Å². The molecule has 1 aromatic heterocycles. The van der Waals surface area contributed by atoms with Crippen molar-refractivity contribution < 1.29 is 18.7 Å². The van der Waals surface area contributed by atoms with Gasteiger partial charge in [0.1, 0.15) is 11.6 Å². The first-order valence-corrected chi connectivity index (χ1v) is 10.6. The lowest BCUT2D eigenvalue weighted by molar-refractivity contribution is 0.103. The number of rotatable bonds is 6. The Morgan fingerprint density at radius 1 is 1.25 bits per heavy atom. The molecule has 1 N–H and O–H groups in total. The predicted molar refractivity (Wildman–Crippen MR) is 119 cm³/mol. The number of aromatic nitrogens is 2. The summed E-state index contributed by atoms with van der Waals surface area (Å²) in [6.07, 6.45) is 0.703. The zero-order chi connectivity index (χ0) is 22.7. The van der Waals surface area contributed by atoms with Crippen LogP contribution in [0.5, 0.6) is 5.75 Å². The van der Waals surface area contributed by atoms with E-state index in [-0.39, 0.29) is 25.1 Å². The quantitative estimate of drug-likeness (QED) is 0.589. The first kappa shape index (κ1) is 22.1. The standard InChI is InChI=1S/C23H24ClFN4O3/c1-28-22-8-9-29(23(30)26-17-4-3-5-18(11-17)31-2)12-19(22)21(27-28)14-32-13-15-6-7-16(25)10-20(15)24/h3-7,10-11H,8-9,12-14H2,1-2H3,(H,26,30). The van der Waals surface area contributed by atoms with Crippen LogP contribution < -0.4 is 10.1 Å². The molecule has 2 amide bonds. The maximum absolute atomic E-state index is 13.2. The molecule has 3 aromatic rings. The van der Waals surface area contributed by atoms with Crippen LogP contribution in [0.1, 0.15) is 22.5 Å². The first-order chi connectivity index (χ1) is 15.4. The van der Waals surface area contributed by atoms with Crippen molar-refractivity contribution in [2.24, 2.45) is 7.05 Å². The van der Waals surface area contributed by atoms with Gasteiger partial charge in [0.05, 0.1) is 32.6 Å². The molecular weight excluding hydrogens is 435 g/mol. The van der Waals surface area contributed by atoms with Crippen LogP contribution >= 0.6 is 11.6 Å². The number of methoxy groups -OCH3 is 1. The van der Waals surface area contributed by atoms with Crippen molar-refractivity contribution >= 4 is 23.3 Å². The van der Waals surface area contributed by atoms with E-state index in [9.17, 15) is 9.18 Å². The molecule has 1 aliphatic heterocycles. The van der Waals surface area contributed by atoms with Gasteiger partial charge in [-0.15, -0.1) is 0 Å². The van der Waals surface area contributed by atoms with Gasteiger partial charge in [0.2, 0.25) is 0 Å². The van der Waals surface area contributed by atoms with E-state index in [0.29, 0.717) is 41.5 Å². The molecule has 2 heterocycles. The van der Waals surface area contributed by atoms with Crippen molar-refractivity contribution in [1.29, 1.82) is 0 Å². The van der Waals surface area contributed by atoms with E-state index in [1.165, 1.54) is 12.1 Å². The largest absolute Gasteiger partial charge is 0.497 e. The molecule has 0 bridgehead atoms. The van der Waals surface area contributed by atoms with Crippen molar-refractivity contribution in [2.45, 2.75) is 26.2 Å². The summed E-state index contributed by atoms with van der Waals surface area (Å²) in [6, 6.07) is 11.3. The van der Waals surface area contributed by atoms with Crippen LogP contribution in [0.25, 0.3) is 0 Å². The smallest absolute Gasteiger partial charge is 0.322 e. The topological polar surface area (TPSA) is 68.6 Å². The van der Waals surface area contributed by atoms with Crippen molar-refractivity contribution in [3.63, 3.8) is 0 Å². The van der Waals surface area contributed by atoms with Gasteiger partial charge < -0.3 is 19.7 Å². The number of benzene rings is 2.